The van der Waals surface area contributed by atoms with E-state index in [4.69, 9.17) is 23.2 Å². The molecule has 1 N–H and O–H groups in total. The summed E-state index contributed by atoms with van der Waals surface area (Å²) in [4.78, 5) is 27.8. The van der Waals surface area contributed by atoms with Gasteiger partial charge in [0.15, 0.2) is 0 Å². The predicted octanol–water partition coefficient (Wildman–Crippen LogP) is 4.23. The summed E-state index contributed by atoms with van der Waals surface area (Å²) >= 11 is 13.4. The van der Waals surface area contributed by atoms with E-state index >= 15 is 0 Å². The lowest BCUT2D eigenvalue weighted by Gasteiger charge is -2.49. The number of carbonyl (C=O) groups excluding carboxylic acids is 2. The summed E-state index contributed by atoms with van der Waals surface area (Å²) < 4.78 is 0. The SMILES string of the molecule is CC1(C(=O)Nc2ccc(Cl)c(Cl)c2)CCN1C(=O)Cc1cccs1. The van der Waals surface area contributed by atoms with Crippen LogP contribution in [-0.4, -0.2) is 28.8 Å². The van der Waals surface area contributed by atoms with E-state index in [1.807, 2.05) is 17.5 Å². The first kappa shape index (κ1) is 17.3. The van der Waals surface area contributed by atoms with Crippen molar-refractivity contribution in [2.24, 2.45) is 0 Å². The molecular formula is C17H16Cl2N2O2S. The number of thiophene rings is 1. The maximum absolute atomic E-state index is 12.7. The number of hydrogen-bond acceptors (Lipinski definition) is 3. The van der Waals surface area contributed by atoms with Gasteiger partial charge >= 0.3 is 0 Å². The molecule has 1 aromatic carbocycles. The second-order valence-corrected chi connectivity index (χ2v) is 7.76. The van der Waals surface area contributed by atoms with Crippen molar-refractivity contribution in [3.63, 3.8) is 0 Å². The maximum Gasteiger partial charge on any atom is 0.250 e. The smallest absolute Gasteiger partial charge is 0.250 e. The summed E-state index contributed by atoms with van der Waals surface area (Å²) in [5.41, 5.74) is -0.270. The largest absolute Gasteiger partial charge is 0.328 e. The van der Waals surface area contributed by atoms with Crippen molar-refractivity contribution >= 4 is 52.0 Å². The molecule has 2 aromatic rings. The Morgan fingerprint density at radius 2 is 2.08 bits per heavy atom. The molecule has 0 saturated carbocycles. The summed E-state index contributed by atoms with van der Waals surface area (Å²) in [5.74, 6) is -0.248. The highest BCUT2D eigenvalue weighted by Crippen LogP contribution is 2.33. The van der Waals surface area contributed by atoms with Crippen molar-refractivity contribution in [1.82, 2.24) is 4.90 Å². The Labute approximate surface area is 154 Å². The topological polar surface area (TPSA) is 49.4 Å². The number of hydrogen-bond donors (Lipinski definition) is 1. The van der Waals surface area contributed by atoms with Crippen LogP contribution in [0.2, 0.25) is 10.0 Å². The highest BCUT2D eigenvalue weighted by molar-refractivity contribution is 7.10. The average Bonchev–Trinajstić information content (AvgIpc) is 3.01. The molecule has 1 aliphatic rings. The first-order valence-corrected chi connectivity index (χ1v) is 9.13. The van der Waals surface area contributed by atoms with Crippen LogP contribution in [0.5, 0.6) is 0 Å². The highest BCUT2D eigenvalue weighted by Gasteiger charge is 2.49. The van der Waals surface area contributed by atoms with Gasteiger partial charge in [0.05, 0.1) is 16.5 Å². The number of nitrogens with zero attached hydrogens (tertiary/aromatic N) is 1. The molecule has 1 aromatic heterocycles. The van der Waals surface area contributed by atoms with Crippen molar-refractivity contribution in [2.45, 2.75) is 25.3 Å². The Morgan fingerprint density at radius 3 is 2.67 bits per heavy atom. The molecule has 2 amide bonds. The number of carbonyl (C=O) groups is 2. The average molecular weight is 383 g/mol. The molecule has 126 valence electrons. The zero-order valence-corrected chi connectivity index (χ0v) is 15.3. The molecule has 0 bridgehead atoms. The third-order valence-corrected chi connectivity index (χ3v) is 5.91. The van der Waals surface area contributed by atoms with Crippen molar-refractivity contribution in [2.75, 3.05) is 11.9 Å². The Balaban J connectivity index is 1.69. The molecule has 3 rings (SSSR count). The standard InChI is InChI=1S/C17H16Cl2N2O2S/c1-17(16(23)20-11-4-5-13(18)14(19)9-11)6-7-21(17)15(22)10-12-3-2-8-24-12/h2-5,8-9H,6-7,10H2,1H3,(H,20,23). The quantitative estimate of drug-likeness (QED) is 0.859. The van der Waals surface area contributed by atoms with Gasteiger partial charge in [0.2, 0.25) is 11.8 Å². The molecule has 2 heterocycles. The van der Waals surface area contributed by atoms with Crippen LogP contribution in [0, 0.1) is 0 Å². The Bertz CT molecular complexity index is 779. The number of nitrogens with one attached hydrogen (secondary N) is 1. The van der Waals surface area contributed by atoms with Crippen LogP contribution in [0.25, 0.3) is 0 Å². The Morgan fingerprint density at radius 1 is 1.29 bits per heavy atom. The van der Waals surface area contributed by atoms with E-state index < -0.39 is 5.54 Å². The predicted molar refractivity (Wildman–Crippen MR) is 97.8 cm³/mol. The number of likely N-dealkylation sites (tertiary alicyclic amines) is 1. The summed E-state index contributed by atoms with van der Waals surface area (Å²) in [7, 11) is 0. The van der Waals surface area contributed by atoms with Crippen LogP contribution in [-0.2, 0) is 16.0 Å². The highest BCUT2D eigenvalue weighted by atomic mass is 35.5. The molecule has 4 nitrogen and oxygen atoms in total. The van der Waals surface area contributed by atoms with Gasteiger partial charge in [-0.1, -0.05) is 29.3 Å². The molecule has 1 saturated heterocycles. The van der Waals surface area contributed by atoms with Crippen LogP contribution < -0.4 is 5.32 Å². The van der Waals surface area contributed by atoms with E-state index in [0.29, 0.717) is 35.1 Å². The second kappa shape index (κ2) is 6.75. The van der Waals surface area contributed by atoms with Gasteiger partial charge in [-0.25, -0.2) is 0 Å². The normalized spacial score (nSPS) is 19.7. The lowest BCUT2D eigenvalue weighted by molar-refractivity contribution is -0.154. The van der Waals surface area contributed by atoms with Gasteiger partial charge < -0.3 is 10.2 Å². The van der Waals surface area contributed by atoms with E-state index in [0.717, 1.165) is 4.88 Å². The van der Waals surface area contributed by atoms with Crippen molar-refractivity contribution in [3.05, 3.63) is 50.6 Å². The number of anilines is 1. The molecule has 7 heteroatoms. The third-order valence-electron chi connectivity index (χ3n) is 4.29. The minimum absolute atomic E-state index is 0.0320. The van der Waals surface area contributed by atoms with Crippen LogP contribution >= 0.6 is 34.5 Å². The monoisotopic (exact) mass is 382 g/mol. The minimum Gasteiger partial charge on any atom is -0.328 e. The minimum atomic E-state index is -0.833. The zero-order chi connectivity index (χ0) is 17.3. The number of rotatable bonds is 4. The summed E-state index contributed by atoms with van der Waals surface area (Å²) in [6.45, 7) is 2.38. The first-order chi connectivity index (χ1) is 11.4. The second-order valence-electron chi connectivity index (χ2n) is 5.91. The maximum atomic E-state index is 12.7. The van der Waals surface area contributed by atoms with E-state index in [1.165, 1.54) is 0 Å². The van der Waals surface area contributed by atoms with Gasteiger partial charge in [-0.15, -0.1) is 11.3 Å². The van der Waals surface area contributed by atoms with Gasteiger partial charge in [-0.05, 0) is 43.0 Å². The fraction of sp³-hybridized carbons (Fsp3) is 0.294. The van der Waals surface area contributed by atoms with E-state index in [-0.39, 0.29) is 11.8 Å². The van der Waals surface area contributed by atoms with Crippen LogP contribution in [0.15, 0.2) is 35.7 Å². The van der Waals surface area contributed by atoms with Crippen molar-refractivity contribution < 1.29 is 9.59 Å². The Hall–Kier alpha value is -1.56. The molecule has 0 spiro atoms. The van der Waals surface area contributed by atoms with Crippen LogP contribution in [0.3, 0.4) is 0 Å². The molecule has 0 aliphatic carbocycles. The molecule has 1 aliphatic heterocycles. The summed E-state index contributed by atoms with van der Waals surface area (Å²) in [6, 6.07) is 8.75. The summed E-state index contributed by atoms with van der Waals surface area (Å²) in [5, 5.41) is 5.56. The van der Waals surface area contributed by atoms with Gasteiger partial charge in [-0.2, -0.15) is 0 Å². The van der Waals surface area contributed by atoms with Gasteiger partial charge in [0.25, 0.3) is 0 Å². The van der Waals surface area contributed by atoms with Crippen LogP contribution in [0.1, 0.15) is 18.2 Å². The molecule has 1 atom stereocenters. The first-order valence-electron chi connectivity index (χ1n) is 7.49. The zero-order valence-electron chi connectivity index (χ0n) is 13.0. The van der Waals surface area contributed by atoms with Crippen molar-refractivity contribution in [1.29, 1.82) is 0 Å². The van der Waals surface area contributed by atoms with E-state index in [2.05, 4.69) is 5.32 Å². The molecule has 1 fully saturated rings. The van der Waals surface area contributed by atoms with Crippen LogP contribution in [0.4, 0.5) is 5.69 Å². The lowest BCUT2D eigenvalue weighted by Crippen LogP contribution is -2.66. The Kier molecular flexibility index (Phi) is 4.85. The fourth-order valence-electron chi connectivity index (χ4n) is 2.69. The molecule has 1 unspecified atom stereocenters. The van der Waals surface area contributed by atoms with Gasteiger partial charge in [-0.3, -0.25) is 9.59 Å². The molecule has 24 heavy (non-hydrogen) atoms. The molecule has 0 radical (unpaired) electrons. The third kappa shape index (κ3) is 3.29. The summed E-state index contributed by atoms with van der Waals surface area (Å²) in [6.07, 6.45) is 0.962. The molecular weight excluding hydrogens is 367 g/mol. The lowest BCUT2D eigenvalue weighted by atomic mass is 9.85. The number of amides is 2. The number of halogens is 2. The number of benzene rings is 1. The fourth-order valence-corrected chi connectivity index (χ4v) is 3.69. The van der Waals surface area contributed by atoms with E-state index in [9.17, 15) is 9.59 Å². The van der Waals surface area contributed by atoms with E-state index in [1.54, 1.807) is 41.4 Å². The van der Waals surface area contributed by atoms with Gasteiger partial charge in [0, 0.05) is 17.1 Å². The van der Waals surface area contributed by atoms with Crippen molar-refractivity contribution in [3.8, 4) is 0 Å². The van der Waals surface area contributed by atoms with Gasteiger partial charge in [0.1, 0.15) is 5.54 Å².